The Balaban J connectivity index is 2.33. The minimum Gasteiger partial charge on any atom is -0.368 e. The fraction of sp³-hybridized carbons (Fsp3) is 0.647. The summed E-state index contributed by atoms with van der Waals surface area (Å²) in [6.45, 7) is 7.89. The summed E-state index contributed by atoms with van der Waals surface area (Å²) >= 11 is 6.45. The fourth-order valence-electron chi connectivity index (χ4n) is 3.21. The summed E-state index contributed by atoms with van der Waals surface area (Å²) in [5, 5.41) is 0.862. The van der Waals surface area contributed by atoms with Crippen molar-refractivity contribution in [2.45, 2.75) is 58.5 Å². The van der Waals surface area contributed by atoms with Crippen LogP contribution in [-0.4, -0.2) is 18.6 Å². The maximum Gasteiger partial charge on any atom is 0.0459 e. The fourth-order valence-corrected chi connectivity index (χ4v) is 3.46. The highest BCUT2D eigenvalue weighted by Gasteiger charge is 2.29. The van der Waals surface area contributed by atoms with Crippen LogP contribution in [0.25, 0.3) is 0 Å². The summed E-state index contributed by atoms with van der Waals surface area (Å²) in [5.41, 5.74) is 8.69. The highest BCUT2D eigenvalue weighted by molar-refractivity contribution is 6.31. The summed E-state index contributed by atoms with van der Waals surface area (Å²) in [5.74, 6) is 0.671. The van der Waals surface area contributed by atoms with E-state index in [2.05, 4.69) is 37.8 Å². The number of hydrogen-bond acceptors (Lipinski definition) is 2. The van der Waals surface area contributed by atoms with Gasteiger partial charge in [-0.05, 0) is 49.3 Å². The second-order valence-electron chi connectivity index (χ2n) is 6.26. The van der Waals surface area contributed by atoms with Gasteiger partial charge in [0.2, 0.25) is 0 Å². The molecule has 112 valence electrons. The Kier molecular flexibility index (Phi) is 5.34. The molecule has 2 unspecified atom stereocenters. The number of anilines is 1. The molecule has 3 heteroatoms. The van der Waals surface area contributed by atoms with Gasteiger partial charge < -0.3 is 10.6 Å². The number of hydrogen-bond donors (Lipinski definition) is 1. The largest absolute Gasteiger partial charge is 0.368 e. The Morgan fingerprint density at radius 1 is 1.40 bits per heavy atom. The van der Waals surface area contributed by atoms with Crippen LogP contribution >= 0.6 is 11.6 Å². The highest BCUT2D eigenvalue weighted by atomic mass is 35.5. The lowest BCUT2D eigenvalue weighted by Gasteiger charge is -2.32. The Morgan fingerprint density at radius 2 is 2.15 bits per heavy atom. The smallest absolute Gasteiger partial charge is 0.0459 e. The van der Waals surface area contributed by atoms with Crippen molar-refractivity contribution in [3.8, 4) is 0 Å². The van der Waals surface area contributed by atoms with Gasteiger partial charge in [-0.1, -0.05) is 38.4 Å². The number of nitrogens with zero attached hydrogens (tertiary/aromatic N) is 1. The monoisotopic (exact) mass is 294 g/mol. The Hall–Kier alpha value is -0.730. The topological polar surface area (TPSA) is 29.3 Å². The molecule has 0 radical (unpaired) electrons. The van der Waals surface area contributed by atoms with Crippen LogP contribution in [-0.2, 0) is 6.42 Å². The summed E-state index contributed by atoms with van der Waals surface area (Å²) < 4.78 is 0. The van der Waals surface area contributed by atoms with Gasteiger partial charge in [0.05, 0.1) is 0 Å². The van der Waals surface area contributed by atoms with Gasteiger partial charge in [0, 0.05) is 29.3 Å². The van der Waals surface area contributed by atoms with Crippen molar-refractivity contribution < 1.29 is 0 Å². The van der Waals surface area contributed by atoms with Gasteiger partial charge in [-0.25, -0.2) is 0 Å². The van der Waals surface area contributed by atoms with E-state index in [1.54, 1.807) is 0 Å². The molecule has 0 aromatic heterocycles. The van der Waals surface area contributed by atoms with Crippen LogP contribution in [0, 0.1) is 5.92 Å². The maximum absolute atomic E-state index is 6.45. The van der Waals surface area contributed by atoms with Gasteiger partial charge in [0.1, 0.15) is 0 Å². The minimum atomic E-state index is 0.189. The standard InChI is InChI=1S/C17H27ClN2/c1-4-13(19)11-14-15(18)7-5-8-17(14)20-10-6-9-16(20)12(2)3/h5,7-8,12-13,16H,4,6,9-11,19H2,1-3H3. The van der Waals surface area contributed by atoms with E-state index in [1.807, 2.05) is 6.07 Å². The Morgan fingerprint density at radius 3 is 2.80 bits per heavy atom. The summed E-state index contributed by atoms with van der Waals surface area (Å²) in [7, 11) is 0. The molecule has 1 fully saturated rings. The average molecular weight is 295 g/mol. The van der Waals surface area contributed by atoms with E-state index in [9.17, 15) is 0 Å². The molecule has 2 atom stereocenters. The third-order valence-corrected chi connectivity index (χ3v) is 4.82. The lowest BCUT2D eigenvalue weighted by Crippen LogP contribution is -2.34. The van der Waals surface area contributed by atoms with E-state index >= 15 is 0 Å². The van der Waals surface area contributed by atoms with Crippen molar-refractivity contribution in [3.05, 3.63) is 28.8 Å². The van der Waals surface area contributed by atoms with E-state index in [4.69, 9.17) is 17.3 Å². The summed E-state index contributed by atoms with van der Waals surface area (Å²) in [4.78, 5) is 2.55. The third-order valence-electron chi connectivity index (χ3n) is 4.46. The first-order chi connectivity index (χ1) is 9.54. The second-order valence-corrected chi connectivity index (χ2v) is 6.66. The zero-order valence-electron chi connectivity index (χ0n) is 12.9. The maximum atomic E-state index is 6.45. The van der Waals surface area contributed by atoms with Crippen LogP contribution in [0.5, 0.6) is 0 Å². The van der Waals surface area contributed by atoms with Crippen LogP contribution in [0.3, 0.4) is 0 Å². The average Bonchev–Trinajstić information content (AvgIpc) is 2.90. The molecule has 0 spiro atoms. The van der Waals surface area contributed by atoms with Crippen molar-refractivity contribution in [1.29, 1.82) is 0 Å². The molecule has 0 aliphatic carbocycles. The number of nitrogens with two attached hydrogens (primary N) is 1. The number of rotatable bonds is 5. The molecule has 2 rings (SSSR count). The first-order valence-electron chi connectivity index (χ1n) is 7.84. The van der Waals surface area contributed by atoms with E-state index < -0.39 is 0 Å². The van der Waals surface area contributed by atoms with Gasteiger partial charge in [0.15, 0.2) is 0 Å². The lowest BCUT2D eigenvalue weighted by molar-refractivity contribution is 0.490. The van der Waals surface area contributed by atoms with Crippen molar-refractivity contribution in [2.75, 3.05) is 11.4 Å². The van der Waals surface area contributed by atoms with Gasteiger partial charge in [0.25, 0.3) is 0 Å². The molecule has 20 heavy (non-hydrogen) atoms. The first-order valence-corrected chi connectivity index (χ1v) is 8.22. The number of benzene rings is 1. The van der Waals surface area contributed by atoms with E-state index in [0.717, 1.165) is 24.4 Å². The van der Waals surface area contributed by atoms with Crippen molar-refractivity contribution >= 4 is 17.3 Å². The Bertz CT molecular complexity index is 445. The van der Waals surface area contributed by atoms with Crippen LogP contribution in [0.15, 0.2) is 18.2 Å². The molecule has 2 nitrogen and oxygen atoms in total. The molecule has 1 saturated heterocycles. The zero-order chi connectivity index (χ0) is 14.7. The first kappa shape index (κ1) is 15.7. The van der Waals surface area contributed by atoms with Crippen LogP contribution < -0.4 is 10.6 Å². The molecule has 0 amide bonds. The van der Waals surface area contributed by atoms with Crippen LogP contribution in [0.2, 0.25) is 5.02 Å². The molecule has 0 saturated carbocycles. The van der Waals surface area contributed by atoms with E-state index in [1.165, 1.54) is 24.1 Å². The molecule has 1 heterocycles. The summed E-state index contributed by atoms with van der Waals surface area (Å²) in [6.07, 6.45) is 4.41. The molecular weight excluding hydrogens is 268 g/mol. The molecule has 0 bridgehead atoms. The van der Waals surface area contributed by atoms with Crippen molar-refractivity contribution in [1.82, 2.24) is 0 Å². The molecule has 1 aromatic carbocycles. The Labute approximate surface area is 128 Å². The lowest BCUT2D eigenvalue weighted by atomic mass is 9.98. The van der Waals surface area contributed by atoms with Gasteiger partial charge in [-0.3, -0.25) is 0 Å². The molecule has 1 aliphatic rings. The highest BCUT2D eigenvalue weighted by Crippen LogP contribution is 2.35. The van der Waals surface area contributed by atoms with Gasteiger partial charge in [-0.15, -0.1) is 0 Å². The molecule has 2 N–H and O–H groups in total. The SMILES string of the molecule is CCC(N)Cc1c(Cl)cccc1N1CCCC1C(C)C. The molecule has 1 aromatic rings. The third kappa shape index (κ3) is 3.29. The second kappa shape index (κ2) is 6.82. The van der Waals surface area contributed by atoms with Crippen molar-refractivity contribution in [2.24, 2.45) is 11.7 Å². The predicted octanol–water partition coefficient (Wildman–Crippen LogP) is 4.24. The van der Waals surface area contributed by atoms with Crippen LogP contribution in [0.4, 0.5) is 5.69 Å². The predicted molar refractivity (Wildman–Crippen MR) is 88.6 cm³/mol. The molecule has 1 aliphatic heterocycles. The van der Waals surface area contributed by atoms with Crippen LogP contribution in [0.1, 0.15) is 45.6 Å². The van der Waals surface area contributed by atoms with Gasteiger partial charge >= 0.3 is 0 Å². The van der Waals surface area contributed by atoms with E-state index in [-0.39, 0.29) is 6.04 Å². The zero-order valence-corrected chi connectivity index (χ0v) is 13.7. The molecular formula is C17H27ClN2. The quantitative estimate of drug-likeness (QED) is 0.880. The van der Waals surface area contributed by atoms with Crippen molar-refractivity contribution in [3.63, 3.8) is 0 Å². The number of halogens is 1. The summed E-state index contributed by atoms with van der Waals surface area (Å²) in [6, 6.07) is 7.08. The normalized spacial score (nSPS) is 20.7. The minimum absolute atomic E-state index is 0.189. The van der Waals surface area contributed by atoms with Gasteiger partial charge in [-0.2, -0.15) is 0 Å². The van der Waals surface area contributed by atoms with E-state index in [0.29, 0.717) is 12.0 Å².